The molecule has 0 fully saturated rings. The van der Waals surface area contributed by atoms with Gasteiger partial charge in [-0.2, -0.15) is 0 Å². The maximum absolute atomic E-state index is 11.4. The molecule has 0 aromatic carbocycles. The molecule has 0 aliphatic rings. The summed E-state index contributed by atoms with van der Waals surface area (Å²) in [6, 6.07) is 0. The molecule has 0 aromatic rings. The van der Waals surface area contributed by atoms with Crippen molar-refractivity contribution in [1.82, 2.24) is 0 Å². The minimum absolute atomic E-state index is 0.267. The van der Waals surface area contributed by atoms with E-state index in [9.17, 15) is 4.57 Å². The molecule has 13 heavy (non-hydrogen) atoms. The molecule has 0 aliphatic carbocycles. The monoisotopic (exact) mass is 202 g/mol. The van der Waals surface area contributed by atoms with Gasteiger partial charge in [-0.1, -0.05) is 19.2 Å². The minimum atomic E-state index is -2.81. The van der Waals surface area contributed by atoms with Crippen molar-refractivity contribution in [2.24, 2.45) is 0 Å². The van der Waals surface area contributed by atoms with Crippen LogP contribution in [0.25, 0.3) is 0 Å². The standard InChI is InChI=1S/C9H15O3P/c1-4-7-11-8-9-12-13(10,5-2)6-3/h4-6H,1-3,7-9H2. The van der Waals surface area contributed by atoms with Crippen LogP contribution in [-0.4, -0.2) is 19.8 Å². The van der Waals surface area contributed by atoms with Crippen LogP contribution in [0.2, 0.25) is 0 Å². The Bertz CT molecular complexity index is 211. The van der Waals surface area contributed by atoms with Gasteiger partial charge in [-0.3, -0.25) is 4.57 Å². The van der Waals surface area contributed by atoms with Crippen molar-refractivity contribution >= 4 is 7.37 Å². The van der Waals surface area contributed by atoms with Crippen molar-refractivity contribution in [1.29, 1.82) is 0 Å². The Labute approximate surface area is 79.2 Å². The van der Waals surface area contributed by atoms with E-state index in [2.05, 4.69) is 19.7 Å². The molecule has 0 amide bonds. The van der Waals surface area contributed by atoms with Gasteiger partial charge in [0.1, 0.15) is 0 Å². The van der Waals surface area contributed by atoms with Crippen LogP contribution in [0.3, 0.4) is 0 Å². The Kier molecular flexibility index (Phi) is 6.51. The third-order valence-electron chi connectivity index (χ3n) is 1.27. The maximum Gasteiger partial charge on any atom is 0.246 e. The first kappa shape index (κ1) is 12.4. The molecule has 0 saturated carbocycles. The third kappa shape index (κ3) is 5.58. The Morgan fingerprint density at radius 1 is 1.15 bits per heavy atom. The van der Waals surface area contributed by atoms with Crippen molar-refractivity contribution in [3.63, 3.8) is 0 Å². The first-order valence-corrected chi connectivity index (χ1v) is 5.64. The first-order chi connectivity index (χ1) is 6.18. The predicted octanol–water partition coefficient (Wildman–Crippen LogP) is 2.77. The topological polar surface area (TPSA) is 35.5 Å². The van der Waals surface area contributed by atoms with Crippen LogP contribution in [0, 0.1) is 0 Å². The Morgan fingerprint density at radius 3 is 2.23 bits per heavy atom. The highest BCUT2D eigenvalue weighted by atomic mass is 31.2. The molecule has 74 valence electrons. The zero-order chi connectivity index (χ0) is 10.2. The van der Waals surface area contributed by atoms with E-state index in [1.54, 1.807) is 6.08 Å². The Hall–Kier alpha value is -0.630. The van der Waals surface area contributed by atoms with Gasteiger partial charge in [-0.05, 0) is 11.6 Å². The first-order valence-electron chi connectivity index (χ1n) is 3.88. The second-order valence-electron chi connectivity index (χ2n) is 2.21. The van der Waals surface area contributed by atoms with Crippen molar-refractivity contribution < 1.29 is 13.8 Å². The highest BCUT2D eigenvalue weighted by Crippen LogP contribution is 2.48. The van der Waals surface area contributed by atoms with Crippen molar-refractivity contribution in [3.8, 4) is 0 Å². The van der Waals surface area contributed by atoms with E-state index in [-0.39, 0.29) is 6.61 Å². The zero-order valence-electron chi connectivity index (χ0n) is 7.65. The number of ether oxygens (including phenoxy) is 1. The van der Waals surface area contributed by atoms with Gasteiger partial charge in [-0.15, -0.1) is 6.58 Å². The molecule has 0 saturated heterocycles. The lowest BCUT2D eigenvalue weighted by atomic mass is 10.7. The van der Waals surface area contributed by atoms with Gasteiger partial charge in [0.25, 0.3) is 0 Å². The second-order valence-corrected chi connectivity index (χ2v) is 4.49. The molecular formula is C9H15O3P. The van der Waals surface area contributed by atoms with Crippen LogP contribution in [0.15, 0.2) is 37.4 Å². The van der Waals surface area contributed by atoms with E-state index < -0.39 is 7.37 Å². The van der Waals surface area contributed by atoms with Crippen molar-refractivity contribution in [2.75, 3.05) is 19.8 Å². The second kappa shape index (κ2) is 6.84. The predicted molar refractivity (Wildman–Crippen MR) is 55.0 cm³/mol. The van der Waals surface area contributed by atoms with Crippen molar-refractivity contribution in [2.45, 2.75) is 0 Å². The number of rotatable bonds is 8. The highest BCUT2D eigenvalue weighted by molar-refractivity contribution is 7.65. The van der Waals surface area contributed by atoms with E-state index in [4.69, 9.17) is 9.26 Å². The summed E-state index contributed by atoms with van der Waals surface area (Å²) in [6.45, 7) is 11.4. The highest BCUT2D eigenvalue weighted by Gasteiger charge is 2.11. The molecule has 0 rings (SSSR count). The van der Waals surface area contributed by atoms with Gasteiger partial charge >= 0.3 is 0 Å². The van der Waals surface area contributed by atoms with E-state index in [1.165, 1.54) is 11.6 Å². The zero-order valence-corrected chi connectivity index (χ0v) is 8.54. The average molecular weight is 202 g/mol. The fourth-order valence-electron chi connectivity index (χ4n) is 0.585. The number of hydrogen-bond acceptors (Lipinski definition) is 3. The SMILES string of the molecule is C=CCOCCOP(=O)(C=C)C=C. The van der Waals surface area contributed by atoms with Crippen LogP contribution >= 0.6 is 7.37 Å². The molecule has 0 unspecified atom stereocenters. The van der Waals surface area contributed by atoms with Gasteiger partial charge in [-0.25, -0.2) is 0 Å². The third-order valence-corrected chi connectivity index (χ3v) is 2.87. The Balaban J connectivity index is 3.62. The normalized spacial score (nSPS) is 10.8. The Morgan fingerprint density at radius 2 is 1.77 bits per heavy atom. The molecular weight excluding hydrogens is 187 g/mol. The number of hydrogen-bond donors (Lipinski definition) is 0. The summed E-state index contributed by atoms with van der Waals surface area (Å²) in [4.78, 5) is 0. The average Bonchev–Trinajstić information content (AvgIpc) is 2.17. The molecule has 0 aliphatic heterocycles. The molecule has 0 spiro atoms. The summed E-state index contributed by atoms with van der Waals surface area (Å²) in [5.74, 6) is 2.54. The van der Waals surface area contributed by atoms with Gasteiger partial charge in [0.15, 0.2) is 0 Å². The molecule has 0 bridgehead atoms. The summed E-state index contributed by atoms with van der Waals surface area (Å²) in [7, 11) is -2.81. The summed E-state index contributed by atoms with van der Waals surface area (Å²) in [5.41, 5.74) is 0. The molecule has 0 N–H and O–H groups in total. The minimum Gasteiger partial charge on any atom is -0.375 e. The lowest BCUT2D eigenvalue weighted by Crippen LogP contribution is -2.01. The van der Waals surface area contributed by atoms with Crippen LogP contribution in [0.4, 0.5) is 0 Å². The van der Waals surface area contributed by atoms with Gasteiger partial charge in [0, 0.05) is 0 Å². The van der Waals surface area contributed by atoms with E-state index in [0.29, 0.717) is 13.2 Å². The quantitative estimate of drug-likeness (QED) is 0.345. The van der Waals surface area contributed by atoms with Crippen molar-refractivity contribution in [3.05, 3.63) is 37.4 Å². The lowest BCUT2D eigenvalue weighted by molar-refractivity contribution is 0.123. The molecule has 3 nitrogen and oxygen atoms in total. The van der Waals surface area contributed by atoms with Gasteiger partial charge in [0.2, 0.25) is 7.37 Å². The van der Waals surface area contributed by atoms with Gasteiger partial charge < -0.3 is 9.26 Å². The van der Waals surface area contributed by atoms with Crippen LogP contribution in [0.1, 0.15) is 0 Å². The van der Waals surface area contributed by atoms with Crippen LogP contribution < -0.4 is 0 Å². The molecule has 0 atom stereocenters. The largest absolute Gasteiger partial charge is 0.375 e. The molecule has 0 aromatic heterocycles. The lowest BCUT2D eigenvalue weighted by Gasteiger charge is -2.09. The molecule has 4 heteroatoms. The smallest absolute Gasteiger partial charge is 0.246 e. The van der Waals surface area contributed by atoms with Crippen LogP contribution in [0.5, 0.6) is 0 Å². The molecule has 0 heterocycles. The molecule has 0 radical (unpaired) electrons. The summed E-state index contributed by atoms with van der Waals surface area (Å²) >= 11 is 0. The van der Waals surface area contributed by atoms with E-state index in [0.717, 1.165) is 0 Å². The fraction of sp³-hybridized carbons (Fsp3) is 0.333. The summed E-state index contributed by atoms with van der Waals surface area (Å²) in [5, 5.41) is 0. The van der Waals surface area contributed by atoms with E-state index in [1.807, 2.05) is 0 Å². The summed E-state index contributed by atoms with van der Waals surface area (Å²) in [6.07, 6.45) is 1.64. The summed E-state index contributed by atoms with van der Waals surface area (Å²) < 4.78 is 21.5. The van der Waals surface area contributed by atoms with Gasteiger partial charge in [0.05, 0.1) is 19.8 Å². The van der Waals surface area contributed by atoms with E-state index >= 15 is 0 Å². The van der Waals surface area contributed by atoms with Crippen LogP contribution in [-0.2, 0) is 13.8 Å². The maximum atomic E-state index is 11.4. The fourth-order valence-corrected chi connectivity index (χ4v) is 1.31.